The Labute approximate surface area is 192 Å². The highest BCUT2D eigenvalue weighted by atomic mass is 19.1. The predicted molar refractivity (Wildman–Crippen MR) is 123 cm³/mol. The fourth-order valence-corrected chi connectivity index (χ4v) is 5.21. The molecule has 0 aromatic heterocycles. The van der Waals surface area contributed by atoms with E-state index in [1.165, 1.54) is 40.3 Å². The van der Waals surface area contributed by atoms with Crippen molar-refractivity contribution in [1.29, 1.82) is 0 Å². The molecule has 2 aliphatic rings. The molecule has 33 heavy (non-hydrogen) atoms. The van der Waals surface area contributed by atoms with Crippen molar-refractivity contribution >= 4 is 11.8 Å². The van der Waals surface area contributed by atoms with Crippen LogP contribution >= 0.6 is 0 Å². The maximum Gasteiger partial charge on any atom is 0.254 e. The summed E-state index contributed by atoms with van der Waals surface area (Å²) in [6.45, 7) is 2.29. The number of piperazine rings is 1. The van der Waals surface area contributed by atoms with Crippen LogP contribution < -0.4 is 0 Å². The van der Waals surface area contributed by atoms with Crippen LogP contribution in [0.3, 0.4) is 0 Å². The Morgan fingerprint density at radius 2 is 1.73 bits per heavy atom. The molecule has 168 valence electrons. The molecule has 3 aromatic rings. The van der Waals surface area contributed by atoms with Gasteiger partial charge in [0.2, 0.25) is 5.91 Å². The third kappa shape index (κ3) is 3.70. The standard InChI is InChI=1S/C27H25FN2O3/c1-17-4-2-3-5-22(17)18-6-8-19(9-7-18)26-23-14-29(15-25(32)30(23)24(26)16-31)27(33)20-10-12-21(28)13-11-20/h2-13,23-24,26,31H,14-16H2,1H3/t23-,24+,26+/m0/s1. The summed E-state index contributed by atoms with van der Waals surface area (Å²) < 4.78 is 13.2. The molecule has 2 fully saturated rings. The van der Waals surface area contributed by atoms with Gasteiger partial charge in [0.1, 0.15) is 12.4 Å². The van der Waals surface area contributed by atoms with Crippen LogP contribution in [0.4, 0.5) is 4.39 Å². The van der Waals surface area contributed by atoms with Gasteiger partial charge in [-0.15, -0.1) is 0 Å². The number of nitrogens with zero attached hydrogens (tertiary/aromatic N) is 2. The van der Waals surface area contributed by atoms with Crippen LogP contribution in [-0.2, 0) is 4.79 Å². The second-order valence-corrected chi connectivity index (χ2v) is 8.77. The molecule has 2 aliphatic heterocycles. The van der Waals surface area contributed by atoms with Crippen LogP contribution in [0.1, 0.15) is 27.4 Å². The first kappa shape index (κ1) is 21.3. The summed E-state index contributed by atoms with van der Waals surface area (Å²) >= 11 is 0. The van der Waals surface area contributed by atoms with Gasteiger partial charge in [-0.25, -0.2) is 4.39 Å². The minimum atomic E-state index is -0.411. The SMILES string of the molecule is Cc1ccccc1-c1ccc([C@H]2[C@@H](CO)N3C(=O)CN(C(=O)c4ccc(F)cc4)C[C@@H]23)cc1. The number of hydrogen-bond acceptors (Lipinski definition) is 3. The summed E-state index contributed by atoms with van der Waals surface area (Å²) in [6, 6.07) is 21.3. The summed E-state index contributed by atoms with van der Waals surface area (Å²) in [5.41, 5.74) is 4.87. The van der Waals surface area contributed by atoms with Gasteiger partial charge in [-0.3, -0.25) is 9.59 Å². The van der Waals surface area contributed by atoms with Gasteiger partial charge in [0.25, 0.3) is 5.91 Å². The van der Waals surface area contributed by atoms with E-state index in [1.54, 1.807) is 4.90 Å². The molecule has 3 atom stereocenters. The summed E-state index contributed by atoms with van der Waals surface area (Å²) in [7, 11) is 0. The first-order valence-corrected chi connectivity index (χ1v) is 11.1. The highest BCUT2D eigenvalue weighted by Crippen LogP contribution is 2.43. The average Bonchev–Trinajstić information content (AvgIpc) is 2.81. The maximum atomic E-state index is 13.2. The van der Waals surface area contributed by atoms with Crippen LogP contribution in [0.5, 0.6) is 0 Å². The number of aliphatic hydroxyl groups is 1. The van der Waals surface area contributed by atoms with Gasteiger partial charge in [-0.05, 0) is 53.4 Å². The summed E-state index contributed by atoms with van der Waals surface area (Å²) in [5, 5.41) is 10.0. The lowest BCUT2D eigenvalue weighted by Gasteiger charge is -2.58. The van der Waals surface area contributed by atoms with E-state index in [1.807, 2.05) is 12.1 Å². The lowest BCUT2D eigenvalue weighted by Crippen LogP contribution is -2.73. The van der Waals surface area contributed by atoms with Crippen molar-refractivity contribution in [3.8, 4) is 11.1 Å². The summed E-state index contributed by atoms with van der Waals surface area (Å²) in [6.07, 6.45) is 0. The van der Waals surface area contributed by atoms with Crippen LogP contribution in [-0.4, -0.2) is 58.5 Å². The molecule has 0 saturated carbocycles. The third-order valence-corrected chi connectivity index (χ3v) is 6.88. The van der Waals surface area contributed by atoms with E-state index in [4.69, 9.17) is 0 Å². The number of rotatable bonds is 4. The van der Waals surface area contributed by atoms with E-state index in [0.717, 1.165) is 11.1 Å². The van der Waals surface area contributed by atoms with Gasteiger partial charge >= 0.3 is 0 Å². The van der Waals surface area contributed by atoms with Crippen LogP contribution in [0.25, 0.3) is 11.1 Å². The number of aryl methyl sites for hydroxylation is 1. The first-order valence-electron chi connectivity index (χ1n) is 11.1. The van der Waals surface area contributed by atoms with Crippen molar-refractivity contribution in [1.82, 2.24) is 9.80 Å². The Morgan fingerprint density at radius 1 is 1.03 bits per heavy atom. The monoisotopic (exact) mass is 444 g/mol. The number of carbonyl (C=O) groups is 2. The zero-order valence-corrected chi connectivity index (χ0v) is 18.3. The van der Waals surface area contributed by atoms with E-state index >= 15 is 0 Å². The molecule has 6 heteroatoms. The van der Waals surface area contributed by atoms with Crippen LogP contribution in [0.2, 0.25) is 0 Å². The molecule has 5 rings (SSSR count). The first-order chi connectivity index (χ1) is 16.0. The molecule has 1 N–H and O–H groups in total. The molecule has 5 nitrogen and oxygen atoms in total. The predicted octanol–water partition coefficient (Wildman–Crippen LogP) is 3.61. The molecule has 2 heterocycles. The minimum Gasteiger partial charge on any atom is -0.394 e. The molecule has 0 radical (unpaired) electrons. The molecular weight excluding hydrogens is 419 g/mol. The highest BCUT2D eigenvalue weighted by molar-refractivity contribution is 5.97. The van der Waals surface area contributed by atoms with Gasteiger partial charge in [-0.1, -0.05) is 48.5 Å². The van der Waals surface area contributed by atoms with Crippen molar-refractivity contribution in [3.05, 3.63) is 95.3 Å². The molecule has 0 unspecified atom stereocenters. The number of hydrogen-bond donors (Lipinski definition) is 1. The van der Waals surface area contributed by atoms with Crippen molar-refractivity contribution in [3.63, 3.8) is 0 Å². The summed E-state index contributed by atoms with van der Waals surface area (Å²) in [4.78, 5) is 29.0. The van der Waals surface area contributed by atoms with Crippen molar-refractivity contribution in [2.75, 3.05) is 19.7 Å². The van der Waals surface area contributed by atoms with Crippen molar-refractivity contribution < 1.29 is 19.1 Å². The maximum absolute atomic E-state index is 13.2. The van der Waals surface area contributed by atoms with Gasteiger partial charge in [0.15, 0.2) is 0 Å². The fraction of sp³-hybridized carbons (Fsp3) is 0.259. The molecule has 0 bridgehead atoms. The Hall–Kier alpha value is -3.51. The lowest BCUT2D eigenvalue weighted by atomic mass is 9.73. The quantitative estimate of drug-likeness (QED) is 0.669. The number of aliphatic hydroxyl groups excluding tert-OH is 1. The Balaban J connectivity index is 1.39. The average molecular weight is 445 g/mol. The lowest BCUT2D eigenvalue weighted by molar-refractivity contribution is -0.159. The normalized spacial score (nSPS) is 22.0. The Bertz CT molecular complexity index is 1190. The van der Waals surface area contributed by atoms with Gasteiger partial charge in [0.05, 0.1) is 18.7 Å². The van der Waals surface area contributed by atoms with E-state index in [2.05, 4.69) is 43.3 Å². The molecule has 2 saturated heterocycles. The molecule has 0 aliphatic carbocycles. The number of amides is 2. The van der Waals surface area contributed by atoms with E-state index < -0.39 is 5.82 Å². The van der Waals surface area contributed by atoms with Crippen LogP contribution in [0, 0.1) is 12.7 Å². The Kier molecular flexibility index (Phi) is 5.46. The Morgan fingerprint density at radius 3 is 2.39 bits per heavy atom. The highest BCUT2D eigenvalue weighted by Gasteiger charge is 2.54. The van der Waals surface area contributed by atoms with Gasteiger partial charge in [-0.2, -0.15) is 0 Å². The minimum absolute atomic E-state index is 0.0395. The third-order valence-electron chi connectivity index (χ3n) is 6.88. The summed E-state index contributed by atoms with van der Waals surface area (Å²) in [5.74, 6) is -0.933. The van der Waals surface area contributed by atoms with E-state index in [9.17, 15) is 19.1 Å². The topological polar surface area (TPSA) is 60.9 Å². The number of fused-ring (bicyclic) bond motifs is 1. The van der Waals surface area contributed by atoms with Gasteiger partial charge in [0, 0.05) is 18.0 Å². The second kappa shape index (κ2) is 8.45. The number of carbonyl (C=O) groups excluding carboxylic acids is 2. The smallest absolute Gasteiger partial charge is 0.254 e. The van der Waals surface area contributed by atoms with Crippen molar-refractivity contribution in [2.24, 2.45) is 0 Å². The molecule has 3 aromatic carbocycles. The molecule has 2 amide bonds. The fourth-order valence-electron chi connectivity index (χ4n) is 5.21. The van der Waals surface area contributed by atoms with E-state index in [-0.39, 0.29) is 43.0 Å². The molecule has 0 spiro atoms. The number of halogens is 1. The molecular formula is C27H25FN2O3. The number of benzene rings is 3. The zero-order chi connectivity index (χ0) is 23.1. The van der Waals surface area contributed by atoms with Gasteiger partial charge < -0.3 is 14.9 Å². The second-order valence-electron chi connectivity index (χ2n) is 8.77. The van der Waals surface area contributed by atoms with Crippen LogP contribution in [0.15, 0.2) is 72.8 Å². The van der Waals surface area contributed by atoms with Crippen molar-refractivity contribution in [2.45, 2.75) is 24.9 Å². The van der Waals surface area contributed by atoms with E-state index in [0.29, 0.717) is 12.1 Å². The zero-order valence-electron chi connectivity index (χ0n) is 18.3. The largest absolute Gasteiger partial charge is 0.394 e.